The van der Waals surface area contributed by atoms with Crippen LogP contribution in [0.3, 0.4) is 0 Å². The van der Waals surface area contributed by atoms with Crippen molar-refractivity contribution >= 4 is 28.3 Å². The lowest BCUT2D eigenvalue weighted by atomic mass is 10.2. The Morgan fingerprint density at radius 3 is 2.28 bits per heavy atom. The van der Waals surface area contributed by atoms with E-state index in [4.69, 9.17) is 0 Å². The normalized spacial score (nSPS) is 11.6. The summed E-state index contributed by atoms with van der Waals surface area (Å²) in [6.45, 7) is 1.62. The maximum atomic E-state index is 12.2. The molecule has 126 valence electrons. The molecule has 0 fully saturated rings. The van der Waals surface area contributed by atoms with Gasteiger partial charge in [0.25, 0.3) is 5.91 Å². The lowest BCUT2D eigenvalue weighted by Crippen LogP contribution is -2.41. The molecule has 7 heteroatoms. The molecule has 0 unspecified atom stereocenters. The Morgan fingerprint density at radius 2 is 1.60 bits per heavy atom. The van der Waals surface area contributed by atoms with E-state index in [-0.39, 0.29) is 11.8 Å². The maximum Gasteiger partial charge on any atom is 0.251 e. The van der Waals surface area contributed by atoms with E-state index >= 15 is 0 Å². The fourth-order valence-electron chi connectivity index (χ4n) is 2.12. The van der Waals surface area contributed by atoms with Crippen LogP contribution in [0.1, 0.15) is 17.3 Å². The second-order valence-electron chi connectivity index (χ2n) is 5.33. The van der Waals surface area contributed by atoms with Gasteiger partial charge in [-0.05, 0) is 19.1 Å². The van der Waals surface area contributed by atoms with Gasteiger partial charge in [-0.15, -0.1) is 10.2 Å². The summed E-state index contributed by atoms with van der Waals surface area (Å²) in [7, 11) is 0. The van der Waals surface area contributed by atoms with Crippen LogP contribution in [0.5, 0.6) is 0 Å². The quantitative estimate of drug-likeness (QED) is 0.739. The van der Waals surface area contributed by atoms with Gasteiger partial charge in [0.2, 0.25) is 11.0 Å². The number of rotatable bonds is 5. The third-order valence-electron chi connectivity index (χ3n) is 3.45. The summed E-state index contributed by atoms with van der Waals surface area (Å²) >= 11 is 1.28. The van der Waals surface area contributed by atoms with E-state index in [1.807, 2.05) is 36.4 Å². The summed E-state index contributed by atoms with van der Waals surface area (Å²) in [5, 5.41) is 14.5. The van der Waals surface area contributed by atoms with Gasteiger partial charge in [0.05, 0.1) is 0 Å². The molecule has 6 nitrogen and oxygen atoms in total. The summed E-state index contributed by atoms with van der Waals surface area (Å²) < 4.78 is 0. The molecule has 0 aliphatic carbocycles. The lowest BCUT2D eigenvalue weighted by Gasteiger charge is -2.12. The average Bonchev–Trinajstić information content (AvgIpc) is 3.11. The first-order valence-corrected chi connectivity index (χ1v) is 8.51. The van der Waals surface area contributed by atoms with Gasteiger partial charge < -0.3 is 5.32 Å². The molecule has 3 rings (SSSR count). The summed E-state index contributed by atoms with van der Waals surface area (Å²) in [5.41, 5.74) is 1.44. The molecule has 0 aliphatic rings. The van der Waals surface area contributed by atoms with Crippen LogP contribution < -0.4 is 10.6 Å². The molecular formula is C18H16N4O2S. The van der Waals surface area contributed by atoms with Crippen LogP contribution in [0.4, 0.5) is 5.13 Å². The number of hydrogen-bond acceptors (Lipinski definition) is 5. The van der Waals surface area contributed by atoms with Crippen molar-refractivity contribution in [3.8, 4) is 10.6 Å². The summed E-state index contributed by atoms with van der Waals surface area (Å²) in [6.07, 6.45) is 0. The number of carbonyl (C=O) groups excluding carboxylic acids is 2. The van der Waals surface area contributed by atoms with E-state index in [1.54, 1.807) is 31.2 Å². The molecule has 3 aromatic rings. The third-order valence-corrected chi connectivity index (χ3v) is 4.34. The van der Waals surface area contributed by atoms with Crippen LogP contribution in [0, 0.1) is 0 Å². The number of aromatic nitrogens is 2. The van der Waals surface area contributed by atoms with Gasteiger partial charge in [0.1, 0.15) is 11.0 Å². The first-order valence-electron chi connectivity index (χ1n) is 7.69. The van der Waals surface area contributed by atoms with E-state index in [0.717, 1.165) is 10.6 Å². The second-order valence-corrected chi connectivity index (χ2v) is 6.31. The minimum Gasteiger partial charge on any atom is -0.341 e. The monoisotopic (exact) mass is 352 g/mol. The number of benzene rings is 2. The molecule has 0 saturated heterocycles. The molecule has 2 aromatic carbocycles. The van der Waals surface area contributed by atoms with Gasteiger partial charge in [-0.2, -0.15) is 0 Å². The molecule has 25 heavy (non-hydrogen) atoms. The Morgan fingerprint density at radius 1 is 0.960 bits per heavy atom. The highest BCUT2D eigenvalue weighted by Crippen LogP contribution is 2.25. The zero-order valence-electron chi connectivity index (χ0n) is 13.5. The predicted octanol–water partition coefficient (Wildman–Crippen LogP) is 2.96. The van der Waals surface area contributed by atoms with Crippen molar-refractivity contribution in [2.45, 2.75) is 13.0 Å². The Kier molecular flexibility index (Phi) is 5.15. The first-order chi connectivity index (χ1) is 12.1. The van der Waals surface area contributed by atoms with Crippen molar-refractivity contribution in [3.63, 3.8) is 0 Å². The van der Waals surface area contributed by atoms with Crippen LogP contribution >= 0.6 is 11.3 Å². The molecule has 1 atom stereocenters. The van der Waals surface area contributed by atoms with Crippen LogP contribution in [0.2, 0.25) is 0 Å². The molecule has 2 amide bonds. The van der Waals surface area contributed by atoms with E-state index in [9.17, 15) is 9.59 Å². The summed E-state index contributed by atoms with van der Waals surface area (Å²) in [5.74, 6) is -0.648. The van der Waals surface area contributed by atoms with Gasteiger partial charge in [-0.25, -0.2) is 0 Å². The molecule has 0 bridgehead atoms. The fourth-order valence-corrected chi connectivity index (χ4v) is 2.87. The number of anilines is 1. The Bertz CT molecular complexity index is 865. The number of nitrogens with zero attached hydrogens (tertiary/aromatic N) is 2. The van der Waals surface area contributed by atoms with Crippen molar-refractivity contribution in [1.82, 2.24) is 15.5 Å². The number of nitrogens with one attached hydrogen (secondary N) is 2. The zero-order chi connectivity index (χ0) is 17.6. The van der Waals surface area contributed by atoms with Crippen LogP contribution in [-0.4, -0.2) is 28.1 Å². The van der Waals surface area contributed by atoms with Crippen molar-refractivity contribution < 1.29 is 9.59 Å². The molecule has 0 saturated carbocycles. The molecule has 1 aromatic heterocycles. The number of hydrogen-bond donors (Lipinski definition) is 2. The first kappa shape index (κ1) is 16.8. The van der Waals surface area contributed by atoms with Crippen molar-refractivity contribution in [1.29, 1.82) is 0 Å². The van der Waals surface area contributed by atoms with Crippen molar-refractivity contribution in [2.24, 2.45) is 0 Å². The minimum atomic E-state index is -0.697. The van der Waals surface area contributed by atoms with E-state index in [0.29, 0.717) is 10.7 Å². The largest absolute Gasteiger partial charge is 0.341 e. The second kappa shape index (κ2) is 7.67. The molecule has 1 heterocycles. The zero-order valence-corrected chi connectivity index (χ0v) is 14.3. The summed E-state index contributed by atoms with van der Waals surface area (Å²) in [4.78, 5) is 24.3. The van der Waals surface area contributed by atoms with Crippen molar-refractivity contribution in [3.05, 3.63) is 66.2 Å². The highest BCUT2D eigenvalue weighted by Gasteiger charge is 2.18. The van der Waals surface area contributed by atoms with E-state index in [2.05, 4.69) is 20.8 Å². The lowest BCUT2D eigenvalue weighted by molar-refractivity contribution is -0.117. The highest BCUT2D eigenvalue weighted by molar-refractivity contribution is 7.18. The Labute approximate surface area is 148 Å². The SMILES string of the molecule is C[C@@H](NC(=O)c1ccccc1)C(=O)Nc1nnc(-c2ccccc2)s1. The highest BCUT2D eigenvalue weighted by atomic mass is 32.1. The third kappa shape index (κ3) is 4.27. The molecular weight excluding hydrogens is 336 g/mol. The van der Waals surface area contributed by atoms with Crippen molar-refractivity contribution in [2.75, 3.05) is 5.32 Å². The maximum absolute atomic E-state index is 12.2. The van der Waals surface area contributed by atoms with E-state index in [1.165, 1.54) is 11.3 Å². The predicted molar refractivity (Wildman–Crippen MR) is 97.3 cm³/mol. The fraction of sp³-hybridized carbons (Fsp3) is 0.111. The summed E-state index contributed by atoms with van der Waals surface area (Å²) in [6, 6.07) is 17.6. The van der Waals surface area contributed by atoms with Crippen LogP contribution in [-0.2, 0) is 4.79 Å². The average molecular weight is 352 g/mol. The Hall–Kier alpha value is -3.06. The minimum absolute atomic E-state index is 0.300. The molecule has 0 radical (unpaired) electrons. The molecule has 2 N–H and O–H groups in total. The van der Waals surface area contributed by atoms with Gasteiger partial charge in [0, 0.05) is 11.1 Å². The molecule has 0 spiro atoms. The van der Waals surface area contributed by atoms with Gasteiger partial charge >= 0.3 is 0 Å². The van der Waals surface area contributed by atoms with Crippen LogP contribution in [0.15, 0.2) is 60.7 Å². The standard InChI is InChI=1S/C18H16N4O2S/c1-12(19-16(24)13-8-4-2-5-9-13)15(23)20-18-22-21-17(25-18)14-10-6-3-7-11-14/h2-12H,1H3,(H,19,24)(H,20,22,23)/t12-/m1/s1. The number of amides is 2. The van der Waals surface area contributed by atoms with Gasteiger partial charge in [0.15, 0.2) is 0 Å². The topological polar surface area (TPSA) is 84.0 Å². The van der Waals surface area contributed by atoms with E-state index < -0.39 is 6.04 Å². The Balaban J connectivity index is 1.60. The molecule has 0 aliphatic heterocycles. The number of carbonyl (C=O) groups is 2. The van der Waals surface area contributed by atoms with Gasteiger partial charge in [-0.3, -0.25) is 14.9 Å². The van der Waals surface area contributed by atoms with Crippen LogP contribution in [0.25, 0.3) is 10.6 Å². The smallest absolute Gasteiger partial charge is 0.251 e. The van der Waals surface area contributed by atoms with Gasteiger partial charge in [-0.1, -0.05) is 59.9 Å².